The standard InChI is InChI=1S/C17H18N8/c1-2-7-19-15-14-16(21-10-20-14)24-17(23-15)22-12-3-5-13(6-4-12)25-9-8-18-11-25/h3-6,8-11H,2,7H2,1H3,(H3,19,20,21,22,23,24). The van der Waals surface area contributed by atoms with E-state index in [-0.39, 0.29) is 0 Å². The summed E-state index contributed by atoms with van der Waals surface area (Å²) in [5.41, 5.74) is 3.39. The number of imidazole rings is 2. The van der Waals surface area contributed by atoms with Crippen molar-refractivity contribution in [3.63, 3.8) is 0 Å². The molecule has 0 aliphatic heterocycles. The second-order valence-electron chi connectivity index (χ2n) is 5.57. The van der Waals surface area contributed by atoms with Crippen LogP contribution in [0.2, 0.25) is 0 Å². The molecule has 0 fully saturated rings. The Bertz CT molecular complexity index is 956. The van der Waals surface area contributed by atoms with Gasteiger partial charge in [-0.1, -0.05) is 6.92 Å². The normalized spacial score (nSPS) is 10.9. The van der Waals surface area contributed by atoms with Crippen molar-refractivity contribution >= 4 is 28.6 Å². The molecule has 126 valence electrons. The van der Waals surface area contributed by atoms with Crippen LogP contribution in [0, 0.1) is 0 Å². The summed E-state index contributed by atoms with van der Waals surface area (Å²) in [6.07, 6.45) is 8.06. The molecule has 4 aromatic rings. The van der Waals surface area contributed by atoms with E-state index >= 15 is 0 Å². The van der Waals surface area contributed by atoms with E-state index < -0.39 is 0 Å². The minimum absolute atomic E-state index is 0.508. The third-order valence-corrected chi connectivity index (χ3v) is 3.75. The molecule has 8 heteroatoms. The molecule has 0 aliphatic rings. The number of aromatic amines is 1. The third-order valence-electron chi connectivity index (χ3n) is 3.75. The molecule has 0 saturated carbocycles. The van der Waals surface area contributed by atoms with Crippen LogP contribution in [0.25, 0.3) is 16.9 Å². The van der Waals surface area contributed by atoms with E-state index in [9.17, 15) is 0 Å². The molecule has 0 radical (unpaired) electrons. The highest BCUT2D eigenvalue weighted by molar-refractivity contribution is 5.84. The van der Waals surface area contributed by atoms with Gasteiger partial charge in [0.05, 0.1) is 12.7 Å². The van der Waals surface area contributed by atoms with Gasteiger partial charge >= 0.3 is 0 Å². The van der Waals surface area contributed by atoms with Crippen molar-refractivity contribution in [2.45, 2.75) is 13.3 Å². The molecule has 8 nitrogen and oxygen atoms in total. The van der Waals surface area contributed by atoms with E-state index in [2.05, 4.69) is 42.5 Å². The van der Waals surface area contributed by atoms with Gasteiger partial charge in [0.25, 0.3) is 0 Å². The lowest BCUT2D eigenvalue weighted by molar-refractivity contribution is 0.969. The maximum Gasteiger partial charge on any atom is 0.231 e. The van der Waals surface area contributed by atoms with Gasteiger partial charge in [-0.05, 0) is 30.7 Å². The number of rotatable bonds is 6. The Morgan fingerprint density at radius 1 is 1.16 bits per heavy atom. The van der Waals surface area contributed by atoms with Crippen molar-refractivity contribution < 1.29 is 0 Å². The maximum atomic E-state index is 4.56. The monoisotopic (exact) mass is 334 g/mol. The quantitative estimate of drug-likeness (QED) is 0.501. The smallest absolute Gasteiger partial charge is 0.231 e. The number of nitrogens with one attached hydrogen (secondary N) is 3. The predicted octanol–water partition coefficient (Wildman–Crippen LogP) is 3.10. The minimum Gasteiger partial charge on any atom is -0.368 e. The van der Waals surface area contributed by atoms with Gasteiger partial charge in [0, 0.05) is 30.3 Å². The highest BCUT2D eigenvalue weighted by Gasteiger charge is 2.09. The van der Waals surface area contributed by atoms with E-state index in [0.717, 1.165) is 35.7 Å². The molecule has 0 spiro atoms. The highest BCUT2D eigenvalue weighted by Crippen LogP contribution is 2.21. The Balaban J connectivity index is 1.59. The van der Waals surface area contributed by atoms with Gasteiger partial charge in [-0.2, -0.15) is 9.97 Å². The Morgan fingerprint density at radius 2 is 2.04 bits per heavy atom. The van der Waals surface area contributed by atoms with E-state index in [1.54, 1.807) is 18.9 Å². The zero-order chi connectivity index (χ0) is 17.1. The van der Waals surface area contributed by atoms with Crippen LogP contribution in [0.5, 0.6) is 0 Å². The van der Waals surface area contributed by atoms with Gasteiger partial charge in [-0.15, -0.1) is 0 Å². The van der Waals surface area contributed by atoms with Crippen molar-refractivity contribution in [2.24, 2.45) is 0 Å². The number of fused-ring (bicyclic) bond motifs is 1. The van der Waals surface area contributed by atoms with Crippen LogP contribution >= 0.6 is 0 Å². The summed E-state index contributed by atoms with van der Waals surface area (Å²) in [4.78, 5) is 20.4. The maximum absolute atomic E-state index is 4.56. The Labute approximate surface area is 144 Å². The number of nitrogens with zero attached hydrogens (tertiary/aromatic N) is 5. The molecule has 25 heavy (non-hydrogen) atoms. The van der Waals surface area contributed by atoms with Gasteiger partial charge in [-0.3, -0.25) is 0 Å². The van der Waals surface area contributed by atoms with Crippen LogP contribution < -0.4 is 10.6 Å². The van der Waals surface area contributed by atoms with Crippen molar-refractivity contribution in [2.75, 3.05) is 17.2 Å². The first kappa shape index (κ1) is 15.1. The molecular weight excluding hydrogens is 316 g/mol. The van der Waals surface area contributed by atoms with Crippen LogP contribution in [0.15, 0.2) is 49.3 Å². The zero-order valence-corrected chi connectivity index (χ0v) is 13.8. The summed E-state index contributed by atoms with van der Waals surface area (Å²) in [6, 6.07) is 7.97. The molecule has 1 aromatic carbocycles. The van der Waals surface area contributed by atoms with Crippen LogP contribution in [-0.4, -0.2) is 36.0 Å². The molecule has 3 heterocycles. The molecule has 0 bridgehead atoms. The number of anilines is 3. The molecule has 0 saturated heterocycles. The summed E-state index contributed by atoms with van der Waals surface area (Å²) in [5, 5.41) is 6.54. The summed E-state index contributed by atoms with van der Waals surface area (Å²) >= 11 is 0. The van der Waals surface area contributed by atoms with Gasteiger partial charge in [0.2, 0.25) is 5.95 Å². The predicted molar refractivity (Wildman–Crippen MR) is 97.3 cm³/mol. The molecular formula is C17H18N8. The first-order valence-corrected chi connectivity index (χ1v) is 8.14. The van der Waals surface area contributed by atoms with Crippen LogP contribution in [-0.2, 0) is 0 Å². The van der Waals surface area contributed by atoms with Crippen molar-refractivity contribution in [3.05, 3.63) is 49.3 Å². The SMILES string of the molecule is CCCNc1nc(Nc2ccc(-n3ccnc3)cc2)nc2nc[nH]c12. The second kappa shape index (κ2) is 6.60. The minimum atomic E-state index is 0.508. The molecule has 4 rings (SSSR count). The van der Waals surface area contributed by atoms with Crippen LogP contribution in [0.3, 0.4) is 0 Å². The summed E-state index contributed by atoms with van der Waals surface area (Å²) < 4.78 is 1.95. The molecule has 0 unspecified atom stereocenters. The van der Waals surface area contributed by atoms with Crippen LogP contribution in [0.1, 0.15) is 13.3 Å². The summed E-state index contributed by atoms with van der Waals surface area (Å²) in [7, 11) is 0. The molecule has 0 atom stereocenters. The summed E-state index contributed by atoms with van der Waals surface area (Å²) in [5.74, 6) is 1.26. The number of aromatic nitrogens is 6. The topological polar surface area (TPSA) is 96.3 Å². The lowest BCUT2D eigenvalue weighted by Gasteiger charge is -2.09. The fourth-order valence-electron chi connectivity index (χ4n) is 2.52. The Hall–Kier alpha value is -3.42. The first-order chi connectivity index (χ1) is 12.3. The largest absolute Gasteiger partial charge is 0.368 e. The summed E-state index contributed by atoms with van der Waals surface area (Å²) in [6.45, 7) is 2.95. The fourth-order valence-corrected chi connectivity index (χ4v) is 2.52. The Kier molecular flexibility index (Phi) is 3.99. The molecule has 3 N–H and O–H groups in total. The van der Waals surface area contributed by atoms with Crippen LogP contribution in [0.4, 0.5) is 17.5 Å². The number of hydrogen-bond acceptors (Lipinski definition) is 6. The molecule has 0 aliphatic carbocycles. The average Bonchev–Trinajstić information content (AvgIpc) is 3.32. The van der Waals surface area contributed by atoms with E-state index in [4.69, 9.17) is 0 Å². The second-order valence-corrected chi connectivity index (χ2v) is 5.57. The average molecular weight is 334 g/mol. The lowest BCUT2D eigenvalue weighted by Crippen LogP contribution is -2.06. The fraction of sp³-hybridized carbons (Fsp3) is 0.176. The first-order valence-electron chi connectivity index (χ1n) is 8.14. The van der Waals surface area contributed by atoms with E-state index in [1.807, 2.05) is 35.0 Å². The van der Waals surface area contributed by atoms with Crippen molar-refractivity contribution in [1.82, 2.24) is 29.5 Å². The van der Waals surface area contributed by atoms with Gasteiger partial charge in [0.1, 0.15) is 5.52 Å². The van der Waals surface area contributed by atoms with E-state index in [0.29, 0.717) is 11.6 Å². The van der Waals surface area contributed by atoms with Gasteiger partial charge in [-0.25, -0.2) is 9.97 Å². The number of hydrogen-bond donors (Lipinski definition) is 3. The third kappa shape index (κ3) is 3.14. The van der Waals surface area contributed by atoms with Gasteiger partial charge in [0.15, 0.2) is 11.5 Å². The van der Waals surface area contributed by atoms with Crippen molar-refractivity contribution in [1.29, 1.82) is 0 Å². The lowest BCUT2D eigenvalue weighted by atomic mass is 10.3. The van der Waals surface area contributed by atoms with E-state index in [1.165, 1.54) is 0 Å². The van der Waals surface area contributed by atoms with Gasteiger partial charge < -0.3 is 20.2 Å². The highest BCUT2D eigenvalue weighted by atomic mass is 15.2. The zero-order valence-electron chi connectivity index (χ0n) is 13.8. The van der Waals surface area contributed by atoms with Crippen molar-refractivity contribution in [3.8, 4) is 5.69 Å². The number of benzene rings is 1. The Morgan fingerprint density at radius 3 is 2.80 bits per heavy atom. The number of H-pyrrole nitrogens is 1. The molecule has 3 aromatic heterocycles. The molecule has 0 amide bonds.